The van der Waals surface area contributed by atoms with E-state index in [1.807, 2.05) is 0 Å². The summed E-state index contributed by atoms with van der Waals surface area (Å²) in [6, 6.07) is 0. The third kappa shape index (κ3) is 5.38. The molecule has 3 unspecified atom stereocenters. The summed E-state index contributed by atoms with van der Waals surface area (Å²) in [7, 11) is -2.83. The molecule has 1 saturated carbocycles. The fourth-order valence-electron chi connectivity index (χ4n) is 3.12. The molecule has 17 heavy (non-hydrogen) atoms. The molecule has 3 nitrogen and oxygen atoms in total. The van der Waals surface area contributed by atoms with Crippen LogP contribution in [0.4, 0.5) is 0 Å². The van der Waals surface area contributed by atoms with Gasteiger partial charge in [0.25, 0.3) is 0 Å². The first-order chi connectivity index (χ1) is 7.96. The molecule has 2 N–H and O–H groups in total. The minimum atomic E-state index is -2.83. The Hall–Kier alpha value is -0.0900. The molecule has 0 aromatic heterocycles. The predicted octanol–water partition coefficient (Wildman–Crippen LogP) is 2.21. The molecule has 0 radical (unpaired) electrons. The zero-order valence-electron chi connectivity index (χ0n) is 11.2. The van der Waals surface area contributed by atoms with Gasteiger partial charge < -0.3 is 5.73 Å². The van der Waals surface area contributed by atoms with Crippen LogP contribution in [0.25, 0.3) is 0 Å². The van der Waals surface area contributed by atoms with Crippen molar-refractivity contribution in [3.63, 3.8) is 0 Å². The molecule has 1 rings (SSSR count). The molecule has 1 fully saturated rings. The number of hydrogen-bond acceptors (Lipinski definition) is 3. The number of hydrogen-bond donors (Lipinski definition) is 1. The van der Waals surface area contributed by atoms with E-state index in [1.54, 1.807) is 0 Å². The van der Waals surface area contributed by atoms with Crippen molar-refractivity contribution in [2.24, 2.45) is 23.5 Å². The van der Waals surface area contributed by atoms with Gasteiger partial charge in [0.1, 0.15) is 9.84 Å². The molecule has 0 saturated heterocycles. The highest BCUT2D eigenvalue weighted by Gasteiger charge is 2.29. The van der Waals surface area contributed by atoms with Gasteiger partial charge in [-0.2, -0.15) is 0 Å². The molecule has 1 aliphatic rings. The van der Waals surface area contributed by atoms with Crippen LogP contribution in [0.15, 0.2) is 0 Å². The first-order valence-corrected chi connectivity index (χ1v) is 8.90. The first-order valence-electron chi connectivity index (χ1n) is 6.84. The Morgan fingerprint density at radius 2 is 1.88 bits per heavy atom. The van der Waals surface area contributed by atoms with E-state index in [9.17, 15) is 8.42 Å². The Morgan fingerprint density at radius 3 is 2.41 bits per heavy atom. The summed E-state index contributed by atoms with van der Waals surface area (Å²) in [5.41, 5.74) is 5.80. The van der Waals surface area contributed by atoms with Crippen molar-refractivity contribution in [2.45, 2.75) is 45.4 Å². The maximum absolute atomic E-state index is 11.2. The Bertz CT molecular complexity index is 313. The van der Waals surface area contributed by atoms with Crippen LogP contribution in [-0.4, -0.2) is 27.0 Å². The lowest BCUT2D eigenvalue weighted by molar-refractivity contribution is 0.172. The van der Waals surface area contributed by atoms with Gasteiger partial charge in [-0.3, -0.25) is 0 Å². The summed E-state index contributed by atoms with van der Waals surface area (Å²) < 4.78 is 22.5. The molecule has 0 aromatic rings. The number of rotatable bonds is 6. The highest BCUT2D eigenvalue weighted by atomic mass is 32.2. The highest BCUT2D eigenvalue weighted by Crippen LogP contribution is 2.37. The Morgan fingerprint density at radius 1 is 1.18 bits per heavy atom. The van der Waals surface area contributed by atoms with Gasteiger partial charge in [-0.15, -0.1) is 0 Å². The fraction of sp³-hybridized carbons (Fsp3) is 1.00. The summed E-state index contributed by atoms with van der Waals surface area (Å²) >= 11 is 0. The van der Waals surface area contributed by atoms with Crippen molar-refractivity contribution in [1.82, 2.24) is 0 Å². The lowest BCUT2D eigenvalue weighted by atomic mass is 9.72. The van der Waals surface area contributed by atoms with E-state index in [-0.39, 0.29) is 0 Å². The molecule has 0 amide bonds. The van der Waals surface area contributed by atoms with E-state index in [2.05, 4.69) is 6.92 Å². The van der Waals surface area contributed by atoms with E-state index in [4.69, 9.17) is 5.73 Å². The Kier molecular flexibility index (Phi) is 5.93. The van der Waals surface area contributed by atoms with E-state index in [1.165, 1.54) is 38.4 Å². The van der Waals surface area contributed by atoms with Gasteiger partial charge in [-0.1, -0.05) is 26.2 Å². The molecule has 3 atom stereocenters. The summed E-state index contributed by atoms with van der Waals surface area (Å²) in [5.74, 6) is 2.20. The largest absolute Gasteiger partial charge is 0.330 e. The third-order valence-electron chi connectivity index (χ3n) is 4.11. The molecule has 0 bridgehead atoms. The normalized spacial score (nSPS) is 30.4. The van der Waals surface area contributed by atoms with Gasteiger partial charge in [0.15, 0.2) is 0 Å². The van der Waals surface area contributed by atoms with Gasteiger partial charge in [0.2, 0.25) is 0 Å². The van der Waals surface area contributed by atoms with Gasteiger partial charge in [0.05, 0.1) is 5.75 Å². The van der Waals surface area contributed by atoms with Crippen molar-refractivity contribution in [1.29, 1.82) is 0 Å². The summed E-state index contributed by atoms with van der Waals surface area (Å²) in [6.45, 7) is 2.94. The maximum atomic E-state index is 11.2. The van der Waals surface area contributed by atoms with Gasteiger partial charge in [-0.05, 0) is 43.6 Å². The molecule has 0 spiro atoms. The zero-order valence-corrected chi connectivity index (χ0v) is 12.0. The average molecular weight is 261 g/mol. The summed E-state index contributed by atoms with van der Waals surface area (Å²) in [4.78, 5) is 0. The third-order valence-corrected chi connectivity index (χ3v) is 5.08. The van der Waals surface area contributed by atoms with Crippen LogP contribution in [0.5, 0.6) is 0 Å². The lowest BCUT2D eigenvalue weighted by Crippen LogP contribution is -2.31. The van der Waals surface area contributed by atoms with Gasteiger partial charge in [-0.25, -0.2) is 8.42 Å². The van der Waals surface area contributed by atoms with Crippen LogP contribution in [0.3, 0.4) is 0 Å². The van der Waals surface area contributed by atoms with Crippen LogP contribution < -0.4 is 5.73 Å². The molecule has 0 aliphatic heterocycles. The molecule has 0 aromatic carbocycles. The summed E-state index contributed by atoms with van der Waals surface area (Å²) in [6.07, 6.45) is 8.31. The van der Waals surface area contributed by atoms with E-state index < -0.39 is 9.84 Å². The SMILES string of the molecule is CCCC1CCC(CN)C(CCS(C)(=O)=O)C1. The topological polar surface area (TPSA) is 60.2 Å². The van der Waals surface area contributed by atoms with Crippen LogP contribution in [0.1, 0.15) is 45.4 Å². The minimum absolute atomic E-state index is 0.326. The van der Waals surface area contributed by atoms with Crippen molar-refractivity contribution in [3.05, 3.63) is 0 Å². The second kappa shape index (κ2) is 6.74. The van der Waals surface area contributed by atoms with Crippen LogP contribution in [0.2, 0.25) is 0 Å². The lowest BCUT2D eigenvalue weighted by Gasteiger charge is -2.35. The van der Waals surface area contributed by atoms with Crippen molar-refractivity contribution in [2.75, 3.05) is 18.6 Å². The Balaban J connectivity index is 2.51. The van der Waals surface area contributed by atoms with Crippen LogP contribution in [0, 0.1) is 17.8 Å². The average Bonchev–Trinajstić information content (AvgIpc) is 2.26. The van der Waals surface area contributed by atoms with Crippen molar-refractivity contribution in [3.8, 4) is 0 Å². The minimum Gasteiger partial charge on any atom is -0.330 e. The van der Waals surface area contributed by atoms with Crippen molar-refractivity contribution < 1.29 is 8.42 Å². The van der Waals surface area contributed by atoms with Crippen LogP contribution in [-0.2, 0) is 9.84 Å². The fourth-order valence-corrected chi connectivity index (χ4v) is 3.85. The molecule has 102 valence electrons. The molecule has 1 aliphatic carbocycles. The van der Waals surface area contributed by atoms with Crippen LogP contribution >= 0.6 is 0 Å². The molecule has 4 heteroatoms. The summed E-state index contributed by atoms with van der Waals surface area (Å²) in [5, 5.41) is 0. The zero-order chi connectivity index (χ0) is 12.9. The first kappa shape index (κ1) is 15.0. The number of sulfone groups is 1. The van der Waals surface area contributed by atoms with E-state index in [0.29, 0.717) is 24.1 Å². The monoisotopic (exact) mass is 261 g/mol. The quantitative estimate of drug-likeness (QED) is 0.797. The Labute approximate surface area is 106 Å². The molecular weight excluding hydrogens is 234 g/mol. The standard InChI is InChI=1S/C13H27NO2S/c1-3-4-11-5-6-13(10-14)12(9-11)7-8-17(2,15)16/h11-13H,3-10,14H2,1-2H3. The van der Waals surface area contributed by atoms with E-state index in [0.717, 1.165) is 12.3 Å². The maximum Gasteiger partial charge on any atom is 0.147 e. The second-order valence-electron chi connectivity index (χ2n) is 5.64. The molecule has 0 heterocycles. The number of nitrogens with two attached hydrogens (primary N) is 1. The highest BCUT2D eigenvalue weighted by molar-refractivity contribution is 7.90. The predicted molar refractivity (Wildman–Crippen MR) is 72.6 cm³/mol. The van der Waals surface area contributed by atoms with Crippen molar-refractivity contribution >= 4 is 9.84 Å². The van der Waals surface area contributed by atoms with E-state index >= 15 is 0 Å². The second-order valence-corrected chi connectivity index (χ2v) is 7.90. The smallest absolute Gasteiger partial charge is 0.147 e. The molecular formula is C13H27NO2S. The van der Waals surface area contributed by atoms with Gasteiger partial charge in [0, 0.05) is 6.26 Å². The van der Waals surface area contributed by atoms with Gasteiger partial charge >= 0.3 is 0 Å².